The van der Waals surface area contributed by atoms with Crippen molar-refractivity contribution < 1.29 is 14.7 Å². The summed E-state index contributed by atoms with van der Waals surface area (Å²) in [4.78, 5) is 22.3. The first-order valence-electron chi connectivity index (χ1n) is 24.0. The summed E-state index contributed by atoms with van der Waals surface area (Å²) in [5.74, 6) is -0.940. The third-order valence-corrected chi connectivity index (χ3v) is 24.1. The fraction of sp³-hybridized carbons (Fsp3) is 0.0323. The van der Waals surface area contributed by atoms with E-state index in [1.807, 2.05) is 0 Å². The van der Waals surface area contributed by atoms with Crippen LogP contribution in [0, 0.1) is 0 Å². The Bertz CT molecular complexity index is 6990. The lowest BCUT2D eigenvalue weighted by molar-refractivity contribution is -0.129. The van der Waals surface area contributed by atoms with Crippen LogP contribution in [-0.4, -0.2) is 16.8 Å². The Morgan fingerprint density at radius 3 is 0.576 bits per heavy atom. The topological polar surface area (TPSA) is 58.9 Å². The van der Waals surface area contributed by atoms with Crippen molar-refractivity contribution in [1.29, 1.82) is 0 Å². The Kier molecular flexibility index (Phi) is 1.78. The molecule has 1 aliphatic heterocycles. The lowest BCUT2D eigenvalue weighted by Gasteiger charge is -2.46. The molecule has 4 heteroatoms. The van der Waals surface area contributed by atoms with Crippen LogP contribution in [0.4, 0.5) is 0 Å². The minimum absolute atomic E-state index is 0.206. The van der Waals surface area contributed by atoms with Gasteiger partial charge >= 0.3 is 5.97 Å². The van der Waals surface area contributed by atoms with E-state index in [1.54, 1.807) is 97.0 Å². The summed E-state index contributed by atoms with van der Waals surface area (Å²) in [6.45, 7) is 0. The molecule has 0 bridgehead atoms. The van der Waals surface area contributed by atoms with Crippen LogP contribution in [0.3, 0.4) is 0 Å². The Morgan fingerprint density at radius 2 is 0.409 bits per heavy atom. The van der Waals surface area contributed by atoms with Gasteiger partial charge < -0.3 is 9.94 Å². The first-order chi connectivity index (χ1) is 32.8. The van der Waals surface area contributed by atoms with E-state index in [9.17, 15) is 9.90 Å². The summed E-state index contributed by atoms with van der Waals surface area (Å²) in [6, 6.07) is 0. The first kappa shape index (κ1) is 23.4. The molecule has 0 atom stereocenters. The van der Waals surface area contributed by atoms with Crippen LogP contribution in [0.15, 0.2) is 5.16 Å². The average molecular weight is 808 g/mol. The summed E-state index contributed by atoms with van der Waals surface area (Å²) >= 11 is 0. The van der Waals surface area contributed by atoms with Gasteiger partial charge in [-0.25, -0.2) is 4.79 Å². The van der Waals surface area contributed by atoms with E-state index in [1.165, 1.54) is 216 Å². The maximum Gasteiger partial charge on any atom is 0.355 e. The molecule has 0 unspecified atom stereocenters. The van der Waals surface area contributed by atoms with Gasteiger partial charge in [-0.05, 0) is 302 Å². The van der Waals surface area contributed by atoms with Crippen LogP contribution >= 0.6 is 0 Å². The molecule has 28 aromatic carbocycles. The van der Waals surface area contributed by atoms with Crippen molar-refractivity contribution in [2.24, 2.45) is 5.16 Å². The third kappa shape index (κ3) is 1.13. The van der Waals surface area contributed by atoms with Crippen molar-refractivity contribution in [2.45, 2.75) is 11.0 Å². The zero-order valence-corrected chi connectivity index (χ0v) is 32.7. The van der Waals surface area contributed by atoms with Gasteiger partial charge in [-0.15, -0.1) is 0 Å². The minimum atomic E-state index is -1.13. The maximum absolute atomic E-state index is 14.7. The molecule has 4 nitrogen and oxygen atoms in total. The number of nitrogens with zero attached hydrogens (tertiary/aromatic N) is 1. The molecule has 0 saturated heterocycles. The number of carbonyl (C=O) groups is 1. The van der Waals surface area contributed by atoms with Gasteiger partial charge in [-0.2, -0.15) is 0 Å². The van der Waals surface area contributed by atoms with E-state index < -0.39 is 17.0 Å². The van der Waals surface area contributed by atoms with Crippen molar-refractivity contribution in [2.75, 3.05) is 0 Å². The van der Waals surface area contributed by atoms with Crippen LogP contribution in [0.25, 0.3) is 291 Å². The second kappa shape index (κ2) is 5.04. The van der Waals surface area contributed by atoms with Gasteiger partial charge in [0.2, 0.25) is 5.60 Å². The molecule has 66 heavy (non-hydrogen) atoms. The number of aliphatic carboxylic acids is 1. The number of hydrogen-bond donors (Lipinski definition) is 1. The second-order valence-corrected chi connectivity index (χ2v) is 24.0. The molecule has 0 saturated carbocycles. The van der Waals surface area contributed by atoms with Crippen molar-refractivity contribution in [3.05, 3.63) is 22.3 Å². The molecular weight excluding hydrogens is 807 g/mol. The Morgan fingerprint density at radius 1 is 0.258 bits per heavy atom. The summed E-state index contributed by atoms with van der Waals surface area (Å²) in [5, 5.41) is 97.7. The number of carboxylic acid groups (broad SMARTS) is 1. The molecule has 5 aliphatic rings. The molecule has 0 aromatic heterocycles. The van der Waals surface area contributed by atoms with Crippen molar-refractivity contribution in [1.82, 2.24) is 0 Å². The van der Waals surface area contributed by atoms with E-state index >= 15 is 0 Å². The largest absolute Gasteiger partial charge is 0.477 e. The Hall–Kier alpha value is -8.60. The quantitative estimate of drug-likeness (QED) is 0.168. The standard InChI is InChI=1S/C62HNO3/c64-60(65)59-61-55-47-39-29-19-11-3-1-2-5-9-7(3)15-23-17(9)27-21-13(5)14-6(2)10-8-4(1)12(11)20-26-16(8)24-18(10)28-22(14)32-31(21)43-37(27)45-35(23)41(33(39)25(15)19)49(55)51(45)57-53(43)54-44(32)38(28)46-36(24)42-34(26)40(30(20)29)48(47)56(61)50(42)52(46)58(54)62(57,61)66-63-59/h(H,64,65). The van der Waals surface area contributed by atoms with Crippen molar-refractivity contribution in [3.63, 3.8) is 0 Å². The molecule has 1 N–H and O–H groups in total. The summed E-state index contributed by atoms with van der Waals surface area (Å²) in [7, 11) is 0. The number of rotatable bonds is 1. The van der Waals surface area contributed by atoms with Gasteiger partial charge in [0, 0.05) is 11.1 Å². The van der Waals surface area contributed by atoms with Gasteiger partial charge in [-0.3, -0.25) is 0 Å². The van der Waals surface area contributed by atoms with Gasteiger partial charge in [0.1, 0.15) is 5.41 Å². The zero-order chi connectivity index (χ0) is 39.1. The molecule has 0 amide bonds. The summed E-state index contributed by atoms with van der Waals surface area (Å²) in [5.41, 5.74) is 2.93. The highest BCUT2D eigenvalue weighted by atomic mass is 16.7. The van der Waals surface area contributed by atoms with Gasteiger partial charge in [-0.1, -0.05) is 5.16 Å². The third-order valence-electron chi connectivity index (χ3n) is 24.1. The number of oxime groups is 1. The Balaban J connectivity index is 1.27. The molecular formula is C62HNO3. The van der Waals surface area contributed by atoms with E-state index in [-0.39, 0.29) is 5.71 Å². The van der Waals surface area contributed by atoms with E-state index in [0.29, 0.717) is 0 Å². The first-order valence-corrected chi connectivity index (χ1v) is 24.0. The highest BCUT2D eigenvalue weighted by Crippen LogP contribution is 2.85. The molecule has 0 radical (unpaired) electrons. The minimum Gasteiger partial charge on any atom is -0.477 e. The lowest BCUT2D eigenvalue weighted by Crippen LogP contribution is -2.55. The molecule has 4 aliphatic carbocycles. The van der Waals surface area contributed by atoms with Crippen LogP contribution in [0.2, 0.25) is 0 Å². The highest BCUT2D eigenvalue weighted by Gasteiger charge is 2.77. The molecule has 0 fully saturated rings. The Labute approximate surface area is 354 Å². The predicted molar refractivity (Wildman–Crippen MR) is 270 cm³/mol. The maximum atomic E-state index is 14.7. The van der Waals surface area contributed by atoms with E-state index in [0.717, 1.165) is 0 Å². The molecule has 33 rings (SSSR count). The van der Waals surface area contributed by atoms with Crippen LogP contribution in [0.1, 0.15) is 22.3 Å². The molecule has 1 heterocycles. The van der Waals surface area contributed by atoms with Crippen molar-refractivity contribution in [3.8, 4) is 0 Å². The van der Waals surface area contributed by atoms with E-state index in [2.05, 4.69) is 0 Å². The van der Waals surface area contributed by atoms with Crippen molar-refractivity contribution >= 4 is 303 Å². The summed E-state index contributed by atoms with van der Waals surface area (Å²) < 4.78 is 0. The van der Waals surface area contributed by atoms with Crippen LogP contribution in [0.5, 0.6) is 0 Å². The molecule has 272 valence electrons. The highest BCUT2D eigenvalue weighted by molar-refractivity contribution is 6.82. The molecule has 2 spiro atoms. The van der Waals surface area contributed by atoms with Crippen LogP contribution in [-0.2, 0) is 20.6 Å². The fourth-order valence-electron chi connectivity index (χ4n) is 24.1. The fourth-order valence-corrected chi connectivity index (χ4v) is 24.1. The van der Waals surface area contributed by atoms with Gasteiger partial charge in [0.25, 0.3) is 0 Å². The smallest absolute Gasteiger partial charge is 0.355 e. The predicted octanol–water partition coefficient (Wildman–Crippen LogP) is 15.7. The average Bonchev–Trinajstić information content (AvgIpc) is 4.15. The summed E-state index contributed by atoms with van der Waals surface area (Å²) in [6.07, 6.45) is 0. The number of carboxylic acids is 1. The molecule has 28 aromatic rings. The SMILES string of the molecule is O=C(O)C1=NOC23c4c5c6c7c8c9c(c%10c%11c2c2c4c4c%12c5c5c6c6c8c8c%13c9c9c%10c%10c%11c%11c2c2c4c4c%12c%12c5c5c6c8c6c8c%13c9c9c%10c%10c%11c2c2c4c4c%12c5c6c5c8c9c%10c2c45)C173. The monoisotopic (exact) mass is 807 g/mol. The van der Waals surface area contributed by atoms with E-state index in [4.69, 9.17) is 9.99 Å². The normalized spacial score (nSPS) is 23.0. The van der Waals surface area contributed by atoms with Gasteiger partial charge in [0.05, 0.1) is 0 Å². The van der Waals surface area contributed by atoms with Gasteiger partial charge in [0.15, 0.2) is 5.71 Å². The zero-order valence-electron chi connectivity index (χ0n) is 32.7. The lowest BCUT2D eigenvalue weighted by atomic mass is 9.53. The number of hydrogen-bond acceptors (Lipinski definition) is 3. The van der Waals surface area contributed by atoms with Crippen LogP contribution < -0.4 is 0 Å². The second-order valence-electron chi connectivity index (χ2n) is 24.0. The number of benzene rings is 18.